The molecule has 0 aromatic carbocycles. The maximum Gasteiger partial charge on any atom is 2.00 e. The van der Waals surface area contributed by atoms with Crippen LogP contribution in [0.5, 0.6) is 0 Å². The van der Waals surface area contributed by atoms with Crippen molar-refractivity contribution in [1.29, 1.82) is 0 Å². The van der Waals surface area contributed by atoms with Crippen molar-refractivity contribution in [2.24, 2.45) is 11.8 Å². The van der Waals surface area contributed by atoms with Crippen LogP contribution in [0.15, 0.2) is 24.3 Å². The molecule has 2 N–H and O–H groups in total. The Morgan fingerprint density at radius 1 is 0.415 bits per heavy atom. The van der Waals surface area contributed by atoms with Gasteiger partial charge < -0.3 is 30.0 Å². The zero-order chi connectivity index (χ0) is 40.4. The van der Waals surface area contributed by atoms with Gasteiger partial charge in [0.25, 0.3) is 0 Å². The van der Waals surface area contributed by atoms with Crippen LogP contribution in [0.3, 0.4) is 0 Å². The molecule has 0 aromatic rings. The van der Waals surface area contributed by atoms with E-state index in [9.17, 15) is 29.4 Å². The minimum absolute atomic E-state index is 0. The minimum Gasteiger partial charge on any atom is -0.550 e. The summed E-state index contributed by atoms with van der Waals surface area (Å²) in [6.45, 7) is 18.4. The second-order valence-electron chi connectivity index (χ2n) is 15.3. The molecule has 53 heavy (non-hydrogen) atoms. The topological polar surface area (TPSA) is 155 Å². The molecule has 308 valence electrons. The molecule has 0 radical (unpaired) electrons. The van der Waals surface area contributed by atoms with Crippen LogP contribution in [-0.4, -0.2) is 57.1 Å². The van der Waals surface area contributed by atoms with Gasteiger partial charge >= 0.3 is 35.0 Å². The molecule has 8 nitrogen and oxygen atoms in total. The van der Waals surface area contributed by atoms with Crippen molar-refractivity contribution in [3.63, 3.8) is 0 Å². The fraction of sp³-hybridized carbons (Fsp3) is 0.818. The predicted octanol–water partition coefficient (Wildman–Crippen LogP) is 10.6. The molecule has 0 aliphatic rings. The molecule has 0 aromatic heterocycles. The summed E-state index contributed by atoms with van der Waals surface area (Å²) >= 11 is 0. The average molecular weight is 763 g/mol. The van der Waals surface area contributed by atoms with E-state index in [4.69, 9.17) is 10.2 Å². The van der Waals surface area contributed by atoms with Gasteiger partial charge in [0.15, 0.2) is 0 Å². The van der Waals surface area contributed by atoms with Crippen molar-refractivity contribution in [3.05, 3.63) is 24.3 Å². The number of unbranched alkanes of at least 4 members (excludes halogenated alkanes) is 22. The summed E-state index contributed by atoms with van der Waals surface area (Å²) in [6, 6.07) is 0. The van der Waals surface area contributed by atoms with Gasteiger partial charge in [-0.2, -0.15) is 0 Å². The van der Waals surface area contributed by atoms with Crippen molar-refractivity contribution < 1.29 is 39.6 Å². The molecule has 0 spiro atoms. The quantitative estimate of drug-likeness (QED) is 0.0390. The van der Waals surface area contributed by atoms with E-state index in [-0.39, 0.29) is 47.0 Å². The largest absolute Gasteiger partial charge is 2.00 e. The van der Waals surface area contributed by atoms with Crippen molar-refractivity contribution >= 4 is 46.9 Å². The standard InChI is InChI=1S/2C18H36O2.2C4H6O2.Mg/c2*1-17(2)15-13-11-9-7-5-3-4-6-8-10-12-14-16-18(19)20;2*1-3(2)4(5)6;/h2*17H,3-16H2,1-2H3,(H,19,20);2*1H2,2H3,(H,5,6);/q;;;;+2/p-2. The molecule has 0 bridgehead atoms. The Morgan fingerprint density at radius 3 is 0.698 bits per heavy atom. The Labute approximate surface area is 342 Å². The van der Waals surface area contributed by atoms with Crippen molar-refractivity contribution in [1.82, 2.24) is 0 Å². The summed E-state index contributed by atoms with van der Waals surface area (Å²) in [5.74, 6) is -1.95. The van der Waals surface area contributed by atoms with Gasteiger partial charge in [-0.15, -0.1) is 0 Å². The third-order valence-corrected chi connectivity index (χ3v) is 8.55. The minimum atomic E-state index is -0.935. The molecular formula is C44H82MgO8. The molecule has 0 aliphatic heterocycles. The third kappa shape index (κ3) is 72.1. The first-order valence-corrected chi connectivity index (χ1v) is 20.7. The van der Waals surface area contributed by atoms with Crippen LogP contribution in [0.4, 0.5) is 0 Å². The molecule has 0 unspecified atom stereocenters. The number of carboxylic acid groups (broad SMARTS) is 4. The number of carbonyl (C=O) groups is 4. The van der Waals surface area contributed by atoms with Crippen LogP contribution in [-0.2, 0) is 19.2 Å². The second-order valence-corrected chi connectivity index (χ2v) is 15.3. The van der Waals surface area contributed by atoms with Gasteiger partial charge in [0.2, 0.25) is 0 Å². The van der Waals surface area contributed by atoms with E-state index in [1.807, 2.05) is 0 Å². The van der Waals surface area contributed by atoms with E-state index in [0.717, 1.165) is 37.5 Å². The number of hydrogen-bond acceptors (Lipinski definition) is 6. The summed E-state index contributed by atoms with van der Waals surface area (Å²) in [5.41, 5.74) is 0.352. The van der Waals surface area contributed by atoms with Crippen LogP contribution in [0.1, 0.15) is 221 Å². The molecule has 9 heteroatoms. The zero-order valence-electron chi connectivity index (χ0n) is 35.4. The summed E-state index contributed by atoms with van der Waals surface area (Å²) in [7, 11) is 0. The smallest absolute Gasteiger partial charge is 0.550 e. The first-order valence-electron chi connectivity index (χ1n) is 20.7. The van der Waals surface area contributed by atoms with Crippen molar-refractivity contribution in [2.75, 3.05) is 0 Å². The van der Waals surface area contributed by atoms with Crippen LogP contribution < -0.4 is 10.2 Å². The second kappa shape index (κ2) is 48.1. The predicted molar refractivity (Wildman–Crippen MR) is 220 cm³/mol. The molecule has 0 rings (SSSR count). The van der Waals surface area contributed by atoms with Crippen LogP contribution in [0, 0.1) is 11.8 Å². The Bertz CT molecular complexity index is 775. The summed E-state index contributed by atoms with van der Waals surface area (Å²) in [5, 5.41) is 36.2. The van der Waals surface area contributed by atoms with Crippen LogP contribution in [0.25, 0.3) is 0 Å². The molecule has 0 saturated carbocycles. The number of rotatable bonds is 32. The Balaban J connectivity index is -0.000000218. The van der Waals surface area contributed by atoms with Crippen molar-refractivity contribution in [3.8, 4) is 0 Å². The van der Waals surface area contributed by atoms with Gasteiger partial charge in [-0.3, -0.25) is 0 Å². The Morgan fingerprint density at radius 2 is 0.566 bits per heavy atom. The number of carbonyl (C=O) groups excluding carboxylic acids is 2. The zero-order valence-corrected chi connectivity index (χ0v) is 36.8. The fourth-order valence-corrected chi connectivity index (χ4v) is 5.18. The third-order valence-electron chi connectivity index (χ3n) is 8.55. The summed E-state index contributed by atoms with van der Waals surface area (Å²) < 4.78 is 0. The van der Waals surface area contributed by atoms with Gasteiger partial charge in [-0.1, -0.05) is 195 Å². The van der Waals surface area contributed by atoms with Gasteiger partial charge in [-0.05, 0) is 51.4 Å². The Hall–Kier alpha value is -1.87. The molecule has 0 aliphatic carbocycles. The summed E-state index contributed by atoms with van der Waals surface area (Å²) in [6.07, 6.45) is 34.0. The van der Waals surface area contributed by atoms with Gasteiger partial charge in [0, 0.05) is 23.1 Å². The maximum atomic E-state index is 10.2. The Kier molecular flexibility index (Phi) is 54.8. The van der Waals surface area contributed by atoms with E-state index in [2.05, 4.69) is 40.9 Å². The van der Waals surface area contributed by atoms with E-state index in [1.165, 1.54) is 155 Å². The van der Waals surface area contributed by atoms with E-state index >= 15 is 0 Å². The molecule has 0 saturated heterocycles. The number of hydrogen-bond donors (Lipinski definition) is 2. The van der Waals surface area contributed by atoms with E-state index < -0.39 is 23.9 Å². The fourth-order valence-electron chi connectivity index (χ4n) is 5.18. The first-order chi connectivity index (χ1) is 24.5. The van der Waals surface area contributed by atoms with Gasteiger partial charge in [0.1, 0.15) is 0 Å². The monoisotopic (exact) mass is 763 g/mol. The molecule has 0 atom stereocenters. The maximum absolute atomic E-state index is 10.2. The van der Waals surface area contributed by atoms with Gasteiger partial charge in [0.05, 0.1) is 0 Å². The molecule has 0 heterocycles. The van der Waals surface area contributed by atoms with Gasteiger partial charge in [-0.25, -0.2) is 9.59 Å². The van der Waals surface area contributed by atoms with Crippen LogP contribution in [0.2, 0.25) is 0 Å². The SMILES string of the molecule is C=C(C)C(=O)O.C=C(C)C(=O)O.CC(C)CCCCCCCCCCCCCCC(=O)[O-].CC(C)CCCCCCCCCCCCCCC(=O)[O-].[Mg+2]. The van der Waals surface area contributed by atoms with E-state index in [1.54, 1.807) is 0 Å². The molecule has 0 amide bonds. The molecular weight excluding hydrogens is 681 g/mol. The normalized spacial score (nSPS) is 10.1. The summed E-state index contributed by atoms with van der Waals surface area (Å²) in [4.78, 5) is 39.6. The van der Waals surface area contributed by atoms with Crippen LogP contribution >= 0.6 is 0 Å². The van der Waals surface area contributed by atoms with E-state index in [0.29, 0.717) is 0 Å². The number of aliphatic carboxylic acids is 4. The first kappa shape index (κ1) is 60.4. The average Bonchev–Trinajstić information content (AvgIpc) is 3.05. The molecule has 0 fully saturated rings. The number of carboxylic acids is 4. The van der Waals surface area contributed by atoms with Crippen molar-refractivity contribution in [2.45, 2.75) is 221 Å².